The number of aromatic nitrogens is 2. The Hall–Kier alpha value is -3.41. The molecule has 0 N–H and O–H groups in total. The maximum Gasteiger partial charge on any atom is 0.227 e. The Morgan fingerprint density at radius 3 is 2.26 bits per heavy atom. The molecule has 0 atom stereocenters. The maximum atomic E-state index is 12.7. The Morgan fingerprint density at radius 1 is 0.903 bits per heavy atom. The quantitative estimate of drug-likeness (QED) is 0.635. The average molecular weight is 417 g/mol. The molecule has 1 aromatic heterocycles. The molecule has 6 nitrogen and oxygen atoms in total. The van der Waals surface area contributed by atoms with E-state index in [1.807, 2.05) is 41.3 Å². The summed E-state index contributed by atoms with van der Waals surface area (Å²) in [6, 6.07) is 18.1. The first-order chi connectivity index (χ1) is 15.0. The van der Waals surface area contributed by atoms with Crippen LogP contribution in [0.5, 0.6) is 5.75 Å². The third kappa shape index (κ3) is 4.85. The molecule has 0 unspecified atom stereocenters. The van der Waals surface area contributed by atoms with E-state index in [-0.39, 0.29) is 5.91 Å². The first kappa shape index (κ1) is 20.8. The van der Waals surface area contributed by atoms with E-state index < -0.39 is 0 Å². The summed E-state index contributed by atoms with van der Waals surface area (Å²) in [5.41, 5.74) is 5.48. The molecular weight excluding hydrogens is 388 g/mol. The number of carbonyl (C=O) groups is 1. The van der Waals surface area contributed by atoms with Crippen LogP contribution in [0.4, 0.5) is 5.82 Å². The molecule has 1 saturated heterocycles. The number of anilines is 1. The second kappa shape index (κ2) is 9.16. The van der Waals surface area contributed by atoms with Gasteiger partial charge in [0.2, 0.25) is 5.91 Å². The van der Waals surface area contributed by atoms with Crippen molar-refractivity contribution in [2.45, 2.75) is 20.3 Å². The predicted molar refractivity (Wildman–Crippen MR) is 122 cm³/mol. The van der Waals surface area contributed by atoms with E-state index in [1.54, 1.807) is 7.11 Å². The van der Waals surface area contributed by atoms with Crippen LogP contribution in [0.2, 0.25) is 0 Å². The average Bonchev–Trinajstić information content (AvgIpc) is 2.81. The van der Waals surface area contributed by atoms with Crippen molar-refractivity contribution in [3.63, 3.8) is 0 Å². The normalized spacial score (nSPS) is 13.9. The van der Waals surface area contributed by atoms with E-state index in [4.69, 9.17) is 4.74 Å². The van der Waals surface area contributed by atoms with Crippen molar-refractivity contribution in [1.82, 2.24) is 15.1 Å². The Morgan fingerprint density at radius 2 is 1.65 bits per heavy atom. The molecule has 2 aromatic carbocycles. The van der Waals surface area contributed by atoms with Crippen LogP contribution in [0.1, 0.15) is 16.7 Å². The summed E-state index contributed by atoms with van der Waals surface area (Å²) in [6.45, 7) is 7.11. The van der Waals surface area contributed by atoms with Crippen molar-refractivity contribution in [2.75, 3.05) is 38.2 Å². The lowest BCUT2D eigenvalue weighted by molar-refractivity contribution is -0.130. The van der Waals surface area contributed by atoms with Gasteiger partial charge in [-0.25, -0.2) is 0 Å². The lowest BCUT2D eigenvalue weighted by Gasteiger charge is -2.35. The lowest BCUT2D eigenvalue weighted by atomic mass is 10.0. The van der Waals surface area contributed by atoms with E-state index in [0.717, 1.165) is 41.5 Å². The zero-order valence-corrected chi connectivity index (χ0v) is 18.3. The molecule has 0 radical (unpaired) electrons. The van der Waals surface area contributed by atoms with Crippen LogP contribution in [0.15, 0.2) is 54.6 Å². The maximum absolute atomic E-state index is 12.7. The standard InChI is InChI=1S/C25H28N4O2/c1-18-4-7-21(16-19(18)2)23-10-11-24(27-26-23)28-12-14-29(15-13-28)25(30)17-20-5-8-22(31-3)9-6-20/h4-11,16H,12-15,17H2,1-3H3. The summed E-state index contributed by atoms with van der Waals surface area (Å²) in [5.74, 6) is 1.81. The van der Waals surface area contributed by atoms with Crippen molar-refractivity contribution in [2.24, 2.45) is 0 Å². The van der Waals surface area contributed by atoms with Crippen LogP contribution in [0.3, 0.4) is 0 Å². The summed E-state index contributed by atoms with van der Waals surface area (Å²) in [6.07, 6.45) is 0.411. The molecule has 0 saturated carbocycles. The molecule has 0 bridgehead atoms. The molecule has 2 heterocycles. The number of amides is 1. The smallest absolute Gasteiger partial charge is 0.227 e. The van der Waals surface area contributed by atoms with E-state index in [9.17, 15) is 4.79 Å². The number of ether oxygens (including phenoxy) is 1. The van der Waals surface area contributed by atoms with E-state index in [0.29, 0.717) is 19.5 Å². The van der Waals surface area contributed by atoms with Gasteiger partial charge in [-0.1, -0.05) is 24.3 Å². The van der Waals surface area contributed by atoms with Crippen LogP contribution in [0, 0.1) is 13.8 Å². The highest BCUT2D eigenvalue weighted by Gasteiger charge is 2.22. The second-order valence-electron chi connectivity index (χ2n) is 7.97. The predicted octanol–water partition coefficient (Wildman–Crippen LogP) is 3.66. The minimum Gasteiger partial charge on any atom is -0.497 e. The molecule has 4 rings (SSSR count). The van der Waals surface area contributed by atoms with Crippen molar-refractivity contribution in [1.29, 1.82) is 0 Å². The molecule has 6 heteroatoms. The lowest BCUT2D eigenvalue weighted by Crippen LogP contribution is -2.49. The number of nitrogens with zero attached hydrogens (tertiary/aromatic N) is 4. The number of benzene rings is 2. The van der Waals surface area contributed by atoms with Gasteiger partial charge >= 0.3 is 0 Å². The fourth-order valence-electron chi connectivity index (χ4n) is 3.76. The zero-order chi connectivity index (χ0) is 21.8. The monoisotopic (exact) mass is 416 g/mol. The highest BCUT2D eigenvalue weighted by atomic mass is 16.5. The van der Waals surface area contributed by atoms with Gasteiger partial charge in [-0.2, -0.15) is 0 Å². The molecule has 1 fully saturated rings. The van der Waals surface area contributed by atoms with Crippen molar-refractivity contribution in [3.8, 4) is 17.0 Å². The third-order valence-electron chi connectivity index (χ3n) is 5.92. The van der Waals surface area contributed by atoms with Crippen LogP contribution in [0.25, 0.3) is 11.3 Å². The van der Waals surface area contributed by atoms with Gasteiger partial charge in [0.15, 0.2) is 5.82 Å². The van der Waals surface area contributed by atoms with Gasteiger partial charge in [-0.3, -0.25) is 4.79 Å². The van der Waals surface area contributed by atoms with Crippen LogP contribution >= 0.6 is 0 Å². The van der Waals surface area contributed by atoms with Crippen LogP contribution < -0.4 is 9.64 Å². The second-order valence-corrected chi connectivity index (χ2v) is 7.97. The summed E-state index contributed by atoms with van der Waals surface area (Å²) < 4.78 is 5.17. The highest BCUT2D eigenvalue weighted by molar-refractivity contribution is 5.79. The summed E-state index contributed by atoms with van der Waals surface area (Å²) in [5, 5.41) is 8.88. The Balaban J connectivity index is 1.33. The van der Waals surface area contributed by atoms with Gasteiger partial charge in [0.05, 0.1) is 19.2 Å². The SMILES string of the molecule is COc1ccc(CC(=O)N2CCN(c3ccc(-c4ccc(C)c(C)c4)nn3)CC2)cc1. The Bertz CT molecular complexity index is 1040. The van der Waals surface area contributed by atoms with Gasteiger partial charge < -0.3 is 14.5 Å². The van der Waals surface area contributed by atoms with E-state index >= 15 is 0 Å². The third-order valence-corrected chi connectivity index (χ3v) is 5.92. The van der Waals surface area contributed by atoms with Gasteiger partial charge in [0.25, 0.3) is 0 Å². The Kier molecular flexibility index (Phi) is 6.16. The Labute approximate surface area is 183 Å². The number of piperazine rings is 1. The first-order valence-electron chi connectivity index (χ1n) is 10.6. The topological polar surface area (TPSA) is 58.6 Å². The fourth-order valence-corrected chi connectivity index (χ4v) is 3.76. The fraction of sp³-hybridized carbons (Fsp3) is 0.320. The number of methoxy groups -OCH3 is 1. The zero-order valence-electron chi connectivity index (χ0n) is 18.3. The van der Waals surface area contributed by atoms with Crippen LogP contribution in [-0.2, 0) is 11.2 Å². The van der Waals surface area contributed by atoms with Crippen LogP contribution in [-0.4, -0.2) is 54.3 Å². The van der Waals surface area contributed by atoms with Crippen molar-refractivity contribution in [3.05, 3.63) is 71.3 Å². The molecule has 31 heavy (non-hydrogen) atoms. The minimum atomic E-state index is 0.154. The number of hydrogen-bond donors (Lipinski definition) is 0. The number of carbonyl (C=O) groups excluding carboxylic acids is 1. The molecule has 1 aliphatic rings. The van der Waals surface area contributed by atoms with E-state index in [1.165, 1.54) is 11.1 Å². The highest BCUT2D eigenvalue weighted by Crippen LogP contribution is 2.22. The summed E-state index contributed by atoms with van der Waals surface area (Å²) in [4.78, 5) is 16.8. The number of rotatable bonds is 5. The first-order valence-corrected chi connectivity index (χ1v) is 10.6. The molecule has 0 aliphatic carbocycles. The van der Waals surface area contributed by atoms with Gasteiger partial charge in [-0.05, 0) is 60.9 Å². The van der Waals surface area contributed by atoms with Crippen molar-refractivity contribution >= 4 is 11.7 Å². The minimum absolute atomic E-state index is 0.154. The summed E-state index contributed by atoms with van der Waals surface area (Å²) >= 11 is 0. The largest absolute Gasteiger partial charge is 0.497 e. The van der Waals surface area contributed by atoms with Gasteiger partial charge in [0, 0.05) is 31.7 Å². The molecule has 0 spiro atoms. The molecular formula is C25H28N4O2. The van der Waals surface area contributed by atoms with Crippen molar-refractivity contribution < 1.29 is 9.53 Å². The number of hydrogen-bond acceptors (Lipinski definition) is 5. The molecule has 3 aromatic rings. The molecule has 160 valence electrons. The number of aryl methyl sites for hydroxylation is 2. The van der Waals surface area contributed by atoms with Gasteiger partial charge in [0.1, 0.15) is 5.75 Å². The molecule has 1 aliphatic heterocycles. The molecule has 1 amide bonds. The van der Waals surface area contributed by atoms with Gasteiger partial charge in [-0.15, -0.1) is 10.2 Å². The van der Waals surface area contributed by atoms with E-state index in [2.05, 4.69) is 47.1 Å². The summed E-state index contributed by atoms with van der Waals surface area (Å²) in [7, 11) is 1.64.